The highest BCUT2D eigenvalue weighted by Gasteiger charge is 2.38. The van der Waals surface area contributed by atoms with Gasteiger partial charge in [-0.15, -0.1) is 0 Å². The third-order valence-electron chi connectivity index (χ3n) is 4.69. The molecule has 0 fully saturated rings. The van der Waals surface area contributed by atoms with Crippen LogP contribution in [-0.4, -0.2) is 27.4 Å². The standard InChI is InChI=1S/C22H19N3.C2HF3O2/c1-4-10-18(11-5-1)22(19-12-6-2-7-13-19,20-14-8-3-9-15-20)24-21-16-17-23-25-21;3-2(4,5)1(6)7/h1-17H,(H2,23,24,25);(H,6,7). The number of carboxylic acids is 1. The molecule has 0 saturated heterocycles. The number of nitrogens with zero attached hydrogens (tertiary/aromatic N) is 1. The Morgan fingerprint density at radius 2 is 1.12 bits per heavy atom. The topological polar surface area (TPSA) is 78.0 Å². The molecular weight excluding hydrogens is 419 g/mol. The maximum Gasteiger partial charge on any atom is 0.490 e. The number of nitrogens with one attached hydrogen (secondary N) is 2. The van der Waals surface area contributed by atoms with Gasteiger partial charge in [0.2, 0.25) is 0 Å². The van der Waals surface area contributed by atoms with Gasteiger partial charge in [-0.2, -0.15) is 18.3 Å². The van der Waals surface area contributed by atoms with E-state index in [2.05, 4.69) is 88.3 Å². The molecule has 0 saturated carbocycles. The molecule has 4 rings (SSSR count). The van der Waals surface area contributed by atoms with Gasteiger partial charge < -0.3 is 10.4 Å². The van der Waals surface area contributed by atoms with Gasteiger partial charge in [0.15, 0.2) is 0 Å². The summed E-state index contributed by atoms with van der Waals surface area (Å²) in [7, 11) is 0. The highest BCUT2D eigenvalue weighted by molar-refractivity contribution is 5.73. The van der Waals surface area contributed by atoms with E-state index in [4.69, 9.17) is 9.90 Å². The number of anilines is 1. The van der Waals surface area contributed by atoms with Crippen molar-refractivity contribution in [3.8, 4) is 0 Å². The van der Waals surface area contributed by atoms with E-state index in [1.54, 1.807) is 6.20 Å². The van der Waals surface area contributed by atoms with Crippen molar-refractivity contribution in [1.29, 1.82) is 0 Å². The van der Waals surface area contributed by atoms with Crippen LogP contribution in [-0.2, 0) is 10.3 Å². The monoisotopic (exact) mass is 439 g/mol. The van der Waals surface area contributed by atoms with Gasteiger partial charge >= 0.3 is 12.1 Å². The van der Waals surface area contributed by atoms with Crippen molar-refractivity contribution in [2.45, 2.75) is 11.7 Å². The fourth-order valence-corrected chi connectivity index (χ4v) is 3.31. The predicted molar refractivity (Wildman–Crippen MR) is 115 cm³/mol. The number of benzene rings is 3. The third-order valence-corrected chi connectivity index (χ3v) is 4.69. The smallest absolute Gasteiger partial charge is 0.475 e. The van der Waals surface area contributed by atoms with E-state index in [1.165, 1.54) is 16.7 Å². The number of alkyl halides is 3. The number of carbonyl (C=O) groups is 1. The Kier molecular flexibility index (Phi) is 6.94. The predicted octanol–water partition coefficient (Wildman–Crippen LogP) is 5.45. The summed E-state index contributed by atoms with van der Waals surface area (Å²) in [6.45, 7) is 0. The molecule has 0 amide bonds. The molecule has 164 valence electrons. The summed E-state index contributed by atoms with van der Waals surface area (Å²) in [4.78, 5) is 8.90. The van der Waals surface area contributed by atoms with E-state index in [-0.39, 0.29) is 0 Å². The van der Waals surface area contributed by atoms with Gasteiger partial charge in [0.05, 0.1) is 6.20 Å². The van der Waals surface area contributed by atoms with Gasteiger partial charge in [0, 0.05) is 0 Å². The first-order valence-electron chi connectivity index (χ1n) is 9.58. The van der Waals surface area contributed by atoms with Gasteiger partial charge in [-0.3, -0.25) is 5.10 Å². The second-order valence-corrected chi connectivity index (χ2v) is 6.75. The molecule has 8 heteroatoms. The van der Waals surface area contributed by atoms with Gasteiger partial charge in [0.1, 0.15) is 11.4 Å². The summed E-state index contributed by atoms with van der Waals surface area (Å²) in [6, 6.07) is 33.5. The molecule has 0 spiro atoms. The fraction of sp³-hybridized carbons (Fsp3) is 0.0833. The Labute approximate surface area is 182 Å². The number of H-pyrrole nitrogens is 1. The quantitative estimate of drug-likeness (QED) is 0.362. The van der Waals surface area contributed by atoms with Crippen LogP contribution >= 0.6 is 0 Å². The van der Waals surface area contributed by atoms with Crippen LogP contribution < -0.4 is 5.32 Å². The van der Waals surface area contributed by atoms with Gasteiger partial charge in [-0.05, 0) is 22.8 Å². The van der Waals surface area contributed by atoms with Crippen molar-refractivity contribution in [3.05, 3.63) is 120 Å². The average Bonchev–Trinajstić information content (AvgIpc) is 3.32. The fourth-order valence-electron chi connectivity index (χ4n) is 3.31. The van der Waals surface area contributed by atoms with Crippen LogP contribution in [0.5, 0.6) is 0 Å². The molecule has 0 aliphatic rings. The molecule has 0 unspecified atom stereocenters. The van der Waals surface area contributed by atoms with Gasteiger partial charge in [-0.25, -0.2) is 4.79 Å². The number of halogens is 3. The molecule has 32 heavy (non-hydrogen) atoms. The van der Waals surface area contributed by atoms with E-state index in [0.717, 1.165) is 5.82 Å². The second kappa shape index (κ2) is 9.82. The van der Waals surface area contributed by atoms with Crippen molar-refractivity contribution in [2.75, 3.05) is 5.32 Å². The lowest BCUT2D eigenvalue weighted by Gasteiger charge is -2.37. The summed E-state index contributed by atoms with van der Waals surface area (Å²) >= 11 is 0. The minimum Gasteiger partial charge on any atom is -0.475 e. The summed E-state index contributed by atoms with van der Waals surface area (Å²) < 4.78 is 31.7. The normalized spacial score (nSPS) is 11.2. The molecule has 1 heterocycles. The number of aromatic amines is 1. The number of aliphatic carboxylic acids is 1. The summed E-state index contributed by atoms with van der Waals surface area (Å²) in [6.07, 6.45) is -3.33. The van der Waals surface area contributed by atoms with Crippen LogP contribution in [0.1, 0.15) is 16.7 Å². The highest BCUT2D eigenvalue weighted by atomic mass is 19.4. The summed E-state index contributed by atoms with van der Waals surface area (Å²) in [5, 5.41) is 18.0. The number of hydrogen-bond donors (Lipinski definition) is 3. The van der Waals surface area contributed by atoms with Crippen molar-refractivity contribution >= 4 is 11.8 Å². The van der Waals surface area contributed by atoms with Crippen molar-refractivity contribution in [3.63, 3.8) is 0 Å². The molecule has 0 aliphatic heterocycles. The van der Waals surface area contributed by atoms with Crippen LogP contribution in [0.2, 0.25) is 0 Å². The maximum atomic E-state index is 10.6. The minimum absolute atomic E-state index is 0.518. The third kappa shape index (κ3) is 5.15. The van der Waals surface area contributed by atoms with E-state index >= 15 is 0 Å². The van der Waals surface area contributed by atoms with Crippen molar-refractivity contribution < 1.29 is 23.1 Å². The lowest BCUT2D eigenvalue weighted by atomic mass is 9.77. The first-order chi connectivity index (χ1) is 15.3. The van der Waals surface area contributed by atoms with Crippen molar-refractivity contribution in [2.24, 2.45) is 0 Å². The minimum atomic E-state index is -5.08. The largest absolute Gasteiger partial charge is 0.490 e. The molecule has 0 atom stereocenters. The highest BCUT2D eigenvalue weighted by Crippen LogP contribution is 2.39. The molecule has 0 aliphatic carbocycles. The molecule has 0 bridgehead atoms. The Bertz CT molecular complexity index is 1010. The van der Waals surface area contributed by atoms with Gasteiger partial charge in [0.25, 0.3) is 0 Å². The Morgan fingerprint density at radius 1 is 0.750 bits per heavy atom. The molecule has 0 radical (unpaired) electrons. The first-order valence-corrected chi connectivity index (χ1v) is 9.58. The Morgan fingerprint density at radius 3 is 1.41 bits per heavy atom. The number of rotatable bonds is 5. The lowest BCUT2D eigenvalue weighted by molar-refractivity contribution is -0.192. The van der Waals surface area contributed by atoms with Gasteiger partial charge in [-0.1, -0.05) is 91.0 Å². The maximum absolute atomic E-state index is 10.6. The zero-order chi connectivity index (χ0) is 23.0. The SMILES string of the molecule is O=C(O)C(F)(F)F.c1ccc(C(Nc2ccn[nH]2)(c2ccccc2)c2ccccc2)cc1. The number of aromatic nitrogens is 2. The molecule has 4 aromatic rings. The van der Waals surface area contributed by atoms with Crippen molar-refractivity contribution in [1.82, 2.24) is 10.2 Å². The number of hydrogen-bond acceptors (Lipinski definition) is 3. The van der Waals surface area contributed by atoms with Crippen LogP contribution in [0.3, 0.4) is 0 Å². The molecule has 3 N–H and O–H groups in total. The second-order valence-electron chi connectivity index (χ2n) is 6.75. The zero-order valence-electron chi connectivity index (χ0n) is 16.8. The number of carboxylic acid groups (broad SMARTS) is 1. The average molecular weight is 439 g/mol. The summed E-state index contributed by atoms with van der Waals surface area (Å²) in [5.74, 6) is -1.89. The lowest BCUT2D eigenvalue weighted by Crippen LogP contribution is -2.38. The van der Waals surface area contributed by atoms with E-state index in [0.29, 0.717) is 0 Å². The van der Waals surface area contributed by atoms with Crippen LogP contribution in [0.4, 0.5) is 19.0 Å². The first kappa shape index (κ1) is 22.6. The molecule has 5 nitrogen and oxygen atoms in total. The summed E-state index contributed by atoms with van der Waals surface area (Å²) in [5.41, 5.74) is 2.99. The van der Waals surface area contributed by atoms with Crippen LogP contribution in [0.25, 0.3) is 0 Å². The zero-order valence-corrected chi connectivity index (χ0v) is 16.8. The van der Waals surface area contributed by atoms with Crippen LogP contribution in [0, 0.1) is 0 Å². The molecular formula is C24H20F3N3O2. The molecule has 1 aromatic heterocycles. The Balaban J connectivity index is 0.000000360. The van der Waals surface area contributed by atoms with E-state index in [9.17, 15) is 13.2 Å². The Hall–Kier alpha value is -4.07. The molecule has 3 aromatic carbocycles. The van der Waals surface area contributed by atoms with E-state index < -0.39 is 17.7 Å². The van der Waals surface area contributed by atoms with Crippen LogP contribution in [0.15, 0.2) is 103 Å². The van der Waals surface area contributed by atoms with E-state index in [1.807, 2.05) is 24.3 Å².